The van der Waals surface area contributed by atoms with Gasteiger partial charge in [0.2, 0.25) is 0 Å². The van der Waals surface area contributed by atoms with Crippen molar-refractivity contribution in [2.24, 2.45) is 5.92 Å². The van der Waals surface area contributed by atoms with Crippen molar-refractivity contribution < 1.29 is 14.2 Å². The lowest BCUT2D eigenvalue weighted by atomic mass is 10.1. The summed E-state index contributed by atoms with van der Waals surface area (Å²) in [6.07, 6.45) is 7.47. The van der Waals surface area contributed by atoms with E-state index in [4.69, 9.17) is 14.2 Å². The maximum Gasteiger partial charge on any atom is 0.169 e. The van der Waals surface area contributed by atoms with Gasteiger partial charge in [-0.25, -0.2) is 0 Å². The number of alkyl halides is 1. The molecule has 0 N–H and O–H groups in total. The first-order chi connectivity index (χ1) is 13.2. The van der Waals surface area contributed by atoms with Crippen LogP contribution in [0.15, 0.2) is 30.3 Å². The summed E-state index contributed by atoms with van der Waals surface area (Å²) in [5.41, 5.74) is 0. The van der Waals surface area contributed by atoms with E-state index in [1.54, 1.807) is 7.11 Å². The van der Waals surface area contributed by atoms with Gasteiger partial charge >= 0.3 is 0 Å². The van der Waals surface area contributed by atoms with E-state index in [1.165, 1.54) is 32.1 Å². The molecule has 0 aliphatic rings. The Bertz CT molecular complexity index is 685. The molecule has 4 heteroatoms. The Balaban J connectivity index is 2.03. The van der Waals surface area contributed by atoms with Gasteiger partial charge in [0.05, 0.1) is 20.3 Å². The van der Waals surface area contributed by atoms with Gasteiger partial charge in [-0.3, -0.25) is 0 Å². The normalized spacial score (nSPS) is 11.1. The van der Waals surface area contributed by atoms with Crippen LogP contribution in [-0.4, -0.2) is 25.7 Å². The fourth-order valence-electron chi connectivity index (χ4n) is 3.05. The van der Waals surface area contributed by atoms with Crippen molar-refractivity contribution >= 4 is 26.7 Å². The minimum Gasteiger partial charge on any atom is -0.493 e. The lowest BCUT2D eigenvalue weighted by Crippen LogP contribution is -2.06. The van der Waals surface area contributed by atoms with Crippen molar-refractivity contribution in [3.8, 4) is 17.2 Å². The third kappa shape index (κ3) is 6.91. The highest BCUT2D eigenvalue weighted by Gasteiger charge is 2.15. The van der Waals surface area contributed by atoms with Crippen LogP contribution in [0.2, 0.25) is 0 Å². The number of ether oxygens (including phenoxy) is 3. The van der Waals surface area contributed by atoms with E-state index in [1.807, 2.05) is 18.2 Å². The third-order valence-corrected chi connectivity index (χ3v) is 5.05. The largest absolute Gasteiger partial charge is 0.493 e. The van der Waals surface area contributed by atoms with E-state index in [0.717, 1.165) is 46.4 Å². The summed E-state index contributed by atoms with van der Waals surface area (Å²) in [6.45, 7) is 5.69. The molecule has 27 heavy (non-hydrogen) atoms. The second kappa shape index (κ2) is 12.1. The Morgan fingerprint density at radius 2 is 1.52 bits per heavy atom. The summed E-state index contributed by atoms with van der Waals surface area (Å²) in [4.78, 5) is 0. The molecule has 0 fully saturated rings. The minimum atomic E-state index is 0.457. The number of hydrogen-bond acceptors (Lipinski definition) is 3. The highest BCUT2D eigenvalue weighted by molar-refractivity contribution is 9.09. The van der Waals surface area contributed by atoms with Crippen LogP contribution in [0, 0.1) is 5.92 Å². The molecule has 0 aliphatic carbocycles. The fourth-order valence-corrected chi connectivity index (χ4v) is 3.44. The van der Waals surface area contributed by atoms with E-state index in [0.29, 0.717) is 12.5 Å². The Morgan fingerprint density at radius 3 is 2.19 bits per heavy atom. The van der Waals surface area contributed by atoms with Gasteiger partial charge in [0.15, 0.2) is 11.5 Å². The number of halogens is 1. The number of benzene rings is 2. The van der Waals surface area contributed by atoms with Crippen molar-refractivity contribution in [3.63, 3.8) is 0 Å². The zero-order chi connectivity index (χ0) is 19.5. The van der Waals surface area contributed by atoms with E-state index < -0.39 is 0 Å². The predicted octanol–water partition coefficient (Wildman–Crippen LogP) is 7.00. The van der Waals surface area contributed by atoms with Crippen LogP contribution in [0.1, 0.15) is 52.4 Å². The number of fused-ring (bicyclic) bond motifs is 1. The Kier molecular flexibility index (Phi) is 9.82. The van der Waals surface area contributed by atoms with Gasteiger partial charge in [-0.2, -0.15) is 0 Å². The third-order valence-electron chi connectivity index (χ3n) is 4.49. The molecular formula is C23H33BrO3. The molecule has 0 saturated carbocycles. The van der Waals surface area contributed by atoms with Crippen molar-refractivity contribution in [2.45, 2.75) is 52.4 Å². The zero-order valence-electron chi connectivity index (χ0n) is 16.9. The first-order valence-corrected chi connectivity index (χ1v) is 11.2. The SMILES string of the molecule is COc1cc(OCCCCCCCCBr)c2ccccc2c1OCC(C)C. The van der Waals surface area contributed by atoms with Gasteiger partial charge in [-0.15, -0.1) is 0 Å². The van der Waals surface area contributed by atoms with Gasteiger partial charge in [-0.05, 0) is 18.8 Å². The van der Waals surface area contributed by atoms with Crippen molar-refractivity contribution in [2.75, 3.05) is 25.7 Å². The number of hydrogen-bond donors (Lipinski definition) is 0. The highest BCUT2D eigenvalue weighted by Crippen LogP contribution is 2.41. The monoisotopic (exact) mass is 436 g/mol. The summed E-state index contributed by atoms with van der Waals surface area (Å²) in [5, 5.41) is 3.23. The fraction of sp³-hybridized carbons (Fsp3) is 0.565. The molecular weight excluding hydrogens is 404 g/mol. The van der Waals surface area contributed by atoms with Gasteiger partial charge in [0.1, 0.15) is 5.75 Å². The summed E-state index contributed by atoms with van der Waals surface area (Å²) < 4.78 is 17.8. The van der Waals surface area contributed by atoms with Crippen molar-refractivity contribution in [1.29, 1.82) is 0 Å². The molecule has 3 nitrogen and oxygen atoms in total. The van der Waals surface area contributed by atoms with E-state index >= 15 is 0 Å². The molecule has 0 saturated heterocycles. The molecule has 2 aromatic carbocycles. The summed E-state index contributed by atoms with van der Waals surface area (Å²) >= 11 is 3.48. The summed E-state index contributed by atoms with van der Waals surface area (Å²) in [7, 11) is 1.68. The molecule has 0 atom stereocenters. The lowest BCUT2D eigenvalue weighted by molar-refractivity contribution is 0.258. The molecule has 0 aromatic heterocycles. The maximum atomic E-state index is 6.13. The molecule has 0 spiro atoms. The standard InChI is InChI=1S/C23H33BrO3/c1-18(2)17-27-23-20-13-9-8-12-19(20)21(16-22(23)25-3)26-15-11-7-5-4-6-10-14-24/h8-9,12-13,16,18H,4-7,10-11,14-15,17H2,1-3H3. The minimum absolute atomic E-state index is 0.457. The van der Waals surface area contributed by atoms with E-state index in [2.05, 4.69) is 41.9 Å². The van der Waals surface area contributed by atoms with Gasteiger partial charge in [0, 0.05) is 22.2 Å². The molecule has 0 radical (unpaired) electrons. The Morgan fingerprint density at radius 1 is 0.852 bits per heavy atom. The average molecular weight is 437 g/mol. The second-order valence-electron chi connectivity index (χ2n) is 7.32. The lowest BCUT2D eigenvalue weighted by Gasteiger charge is -2.18. The smallest absolute Gasteiger partial charge is 0.169 e. The quantitative estimate of drug-likeness (QED) is 0.250. The van der Waals surface area contributed by atoms with Crippen LogP contribution in [0.25, 0.3) is 10.8 Å². The van der Waals surface area contributed by atoms with Crippen molar-refractivity contribution in [1.82, 2.24) is 0 Å². The molecule has 0 unspecified atom stereocenters. The summed E-state index contributed by atoms with van der Waals surface area (Å²) in [6, 6.07) is 10.2. The molecule has 2 aromatic rings. The van der Waals surface area contributed by atoms with E-state index in [9.17, 15) is 0 Å². The molecule has 0 aliphatic heterocycles. The number of rotatable bonds is 13. The molecule has 0 amide bonds. The highest BCUT2D eigenvalue weighted by atomic mass is 79.9. The first-order valence-electron chi connectivity index (χ1n) is 10.1. The Hall–Kier alpha value is -1.42. The van der Waals surface area contributed by atoms with Crippen LogP contribution in [-0.2, 0) is 0 Å². The molecule has 150 valence electrons. The summed E-state index contributed by atoms with van der Waals surface area (Å²) in [5.74, 6) is 2.87. The number of unbranched alkanes of at least 4 members (excludes halogenated alkanes) is 5. The maximum absolute atomic E-state index is 6.13. The second-order valence-corrected chi connectivity index (χ2v) is 8.11. The topological polar surface area (TPSA) is 27.7 Å². The number of methoxy groups -OCH3 is 1. The van der Waals surface area contributed by atoms with Crippen LogP contribution in [0.5, 0.6) is 17.2 Å². The average Bonchev–Trinajstić information content (AvgIpc) is 2.68. The Labute approximate surface area is 172 Å². The van der Waals surface area contributed by atoms with Crippen molar-refractivity contribution in [3.05, 3.63) is 30.3 Å². The zero-order valence-corrected chi connectivity index (χ0v) is 18.5. The molecule has 0 heterocycles. The van der Waals surface area contributed by atoms with Gasteiger partial charge in [0.25, 0.3) is 0 Å². The van der Waals surface area contributed by atoms with E-state index in [-0.39, 0.29) is 0 Å². The van der Waals surface area contributed by atoms with Crippen LogP contribution < -0.4 is 14.2 Å². The van der Waals surface area contributed by atoms with Crippen LogP contribution >= 0.6 is 15.9 Å². The first kappa shape index (κ1) is 21.9. The van der Waals surface area contributed by atoms with Gasteiger partial charge < -0.3 is 14.2 Å². The van der Waals surface area contributed by atoms with Gasteiger partial charge in [-0.1, -0.05) is 79.7 Å². The molecule has 2 rings (SSSR count). The molecule has 0 bridgehead atoms. The predicted molar refractivity (Wildman–Crippen MR) is 118 cm³/mol. The van der Waals surface area contributed by atoms with Crippen LogP contribution in [0.3, 0.4) is 0 Å². The van der Waals surface area contributed by atoms with Crippen LogP contribution in [0.4, 0.5) is 0 Å².